The summed E-state index contributed by atoms with van der Waals surface area (Å²) in [7, 11) is 0. The molecule has 3 amide bonds. The molecule has 6 nitrogen and oxygen atoms in total. The third-order valence-corrected chi connectivity index (χ3v) is 5.55. The van der Waals surface area contributed by atoms with E-state index in [0.717, 1.165) is 51.0 Å². The maximum absolute atomic E-state index is 12.5. The fourth-order valence-electron chi connectivity index (χ4n) is 3.87. The first-order valence-electron chi connectivity index (χ1n) is 10.2. The maximum Gasteiger partial charge on any atom is 0.255 e. The standard InChI is InChI=1S/C23H25N3O3/c27-21-5-1-2-16-26(21)20-12-8-17(9-13-20)22(28)24-19-10-6-18(7-11-19)23(29)25-14-3-4-15-25/h6-13H,1-5,14-16H2,(H,24,28). The predicted octanol–water partition coefficient (Wildman–Crippen LogP) is 3.69. The summed E-state index contributed by atoms with van der Waals surface area (Å²) in [5.74, 6) is -0.0413. The van der Waals surface area contributed by atoms with Crippen molar-refractivity contribution in [2.45, 2.75) is 32.1 Å². The van der Waals surface area contributed by atoms with E-state index in [4.69, 9.17) is 0 Å². The van der Waals surface area contributed by atoms with Crippen molar-refractivity contribution in [3.8, 4) is 0 Å². The zero-order chi connectivity index (χ0) is 20.2. The summed E-state index contributed by atoms with van der Waals surface area (Å²) < 4.78 is 0. The van der Waals surface area contributed by atoms with E-state index in [1.165, 1.54) is 0 Å². The van der Waals surface area contributed by atoms with E-state index in [0.29, 0.717) is 23.2 Å². The molecule has 2 heterocycles. The van der Waals surface area contributed by atoms with Gasteiger partial charge in [0.05, 0.1) is 0 Å². The van der Waals surface area contributed by atoms with E-state index in [1.807, 2.05) is 17.0 Å². The van der Waals surface area contributed by atoms with Gasteiger partial charge in [-0.3, -0.25) is 14.4 Å². The van der Waals surface area contributed by atoms with Gasteiger partial charge in [-0.1, -0.05) is 0 Å². The first-order chi connectivity index (χ1) is 14.1. The van der Waals surface area contributed by atoms with Gasteiger partial charge in [0.25, 0.3) is 11.8 Å². The van der Waals surface area contributed by atoms with E-state index in [1.54, 1.807) is 41.3 Å². The molecule has 150 valence electrons. The van der Waals surface area contributed by atoms with Crippen LogP contribution in [-0.2, 0) is 4.79 Å². The van der Waals surface area contributed by atoms with Crippen LogP contribution in [0.2, 0.25) is 0 Å². The number of benzene rings is 2. The Bertz CT molecular complexity index is 900. The highest BCUT2D eigenvalue weighted by atomic mass is 16.2. The molecule has 4 rings (SSSR count). The molecule has 6 heteroatoms. The topological polar surface area (TPSA) is 69.7 Å². The largest absolute Gasteiger partial charge is 0.339 e. The summed E-state index contributed by atoms with van der Waals surface area (Å²) in [6, 6.07) is 14.1. The SMILES string of the molecule is O=C(Nc1ccc(C(=O)N2CCCC2)cc1)c1ccc(N2CCCCC2=O)cc1. The van der Waals surface area contributed by atoms with E-state index >= 15 is 0 Å². The van der Waals surface area contributed by atoms with Crippen molar-refractivity contribution in [3.05, 3.63) is 59.7 Å². The van der Waals surface area contributed by atoms with E-state index in [9.17, 15) is 14.4 Å². The fourth-order valence-corrected chi connectivity index (χ4v) is 3.87. The Morgan fingerprint density at radius 3 is 2.03 bits per heavy atom. The molecule has 0 aromatic heterocycles. The Hall–Kier alpha value is -3.15. The quantitative estimate of drug-likeness (QED) is 0.864. The van der Waals surface area contributed by atoms with Gasteiger partial charge in [0.2, 0.25) is 5.91 Å². The van der Waals surface area contributed by atoms with Gasteiger partial charge < -0.3 is 15.1 Å². The molecule has 0 atom stereocenters. The zero-order valence-corrected chi connectivity index (χ0v) is 16.4. The molecule has 0 spiro atoms. The molecule has 0 radical (unpaired) electrons. The molecule has 29 heavy (non-hydrogen) atoms. The molecule has 2 aromatic carbocycles. The summed E-state index contributed by atoms with van der Waals surface area (Å²) in [5, 5.41) is 2.86. The maximum atomic E-state index is 12.5. The van der Waals surface area contributed by atoms with Crippen LogP contribution in [0.4, 0.5) is 11.4 Å². The number of carbonyl (C=O) groups excluding carboxylic acids is 3. The van der Waals surface area contributed by atoms with Gasteiger partial charge in [-0.05, 0) is 74.2 Å². The third-order valence-electron chi connectivity index (χ3n) is 5.55. The minimum atomic E-state index is -0.222. The van der Waals surface area contributed by atoms with Gasteiger partial charge >= 0.3 is 0 Å². The molecule has 1 N–H and O–H groups in total. The van der Waals surface area contributed by atoms with Crippen LogP contribution in [0.25, 0.3) is 0 Å². The number of piperidine rings is 1. The van der Waals surface area contributed by atoms with Crippen molar-refractivity contribution in [1.29, 1.82) is 0 Å². The van der Waals surface area contributed by atoms with Crippen LogP contribution in [0.3, 0.4) is 0 Å². The summed E-state index contributed by atoms with van der Waals surface area (Å²) in [6.07, 6.45) is 4.65. The number of hydrogen-bond donors (Lipinski definition) is 1. The van der Waals surface area contributed by atoms with Crippen molar-refractivity contribution >= 4 is 29.1 Å². The number of rotatable bonds is 4. The lowest BCUT2D eigenvalue weighted by atomic mass is 10.1. The molecule has 0 saturated carbocycles. The molecular formula is C23H25N3O3. The third kappa shape index (κ3) is 4.31. The van der Waals surface area contributed by atoms with Crippen LogP contribution in [0.5, 0.6) is 0 Å². The first-order valence-corrected chi connectivity index (χ1v) is 10.2. The molecule has 2 saturated heterocycles. The molecule has 0 unspecified atom stereocenters. The number of anilines is 2. The number of nitrogens with one attached hydrogen (secondary N) is 1. The number of amides is 3. The molecule has 2 fully saturated rings. The van der Waals surface area contributed by atoms with Crippen LogP contribution in [0.15, 0.2) is 48.5 Å². The first kappa shape index (κ1) is 19.2. The normalized spacial score (nSPS) is 16.8. The summed E-state index contributed by atoms with van der Waals surface area (Å²) in [5.41, 5.74) is 2.63. The zero-order valence-electron chi connectivity index (χ0n) is 16.4. The van der Waals surface area contributed by atoms with Crippen molar-refractivity contribution in [2.75, 3.05) is 29.9 Å². The number of hydrogen-bond acceptors (Lipinski definition) is 3. The van der Waals surface area contributed by atoms with Crippen molar-refractivity contribution in [3.63, 3.8) is 0 Å². The van der Waals surface area contributed by atoms with E-state index in [-0.39, 0.29) is 17.7 Å². The lowest BCUT2D eigenvalue weighted by Crippen LogP contribution is -2.35. The van der Waals surface area contributed by atoms with Crippen LogP contribution >= 0.6 is 0 Å². The summed E-state index contributed by atoms with van der Waals surface area (Å²) in [4.78, 5) is 40.6. The second-order valence-electron chi connectivity index (χ2n) is 7.58. The minimum Gasteiger partial charge on any atom is -0.339 e. The summed E-state index contributed by atoms with van der Waals surface area (Å²) in [6.45, 7) is 2.36. The van der Waals surface area contributed by atoms with Gasteiger partial charge in [0.1, 0.15) is 0 Å². The van der Waals surface area contributed by atoms with Crippen molar-refractivity contribution < 1.29 is 14.4 Å². The van der Waals surface area contributed by atoms with Gasteiger partial charge in [0.15, 0.2) is 0 Å². The fraction of sp³-hybridized carbons (Fsp3) is 0.348. The van der Waals surface area contributed by atoms with Crippen molar-refractivity contribution in [2.24, 2.45) is 0 Å². The monoisotopic (exact) mass is 391 g/mol. The predicted molar refractivity (Wildman–Crippen MR) is 112 cm³/mol. The van der Waals surface area contributed by atoms with Crippen LogP contribution < -0.4 is 10.2 Å². The smallest absolute Gasteiger partial charge is 0.255 e. The lowest BCUT2D eigenvalue weighted by Gasteiger charge is -2.26. The van der Waals surface area contributed by atoms with Crippen LogP contribution in [-0.4, -0.2) is 42.3 Å². The highest BCUT2D eigenvalue weighted by molar-refractivity contribution is 6.05. The average molecular weight is 391 g/mol. The number of nitrogens with zero attached hydrogens (tertiary/aromatic N) is 2. The molecule has 2 aliphatic heterocycles. The second kappa shape index (κ2) is 8.47. The Balaban J connectivity index is 1.38. The second-order valence-corrected chi connectivity index (χ2v) is 7.58. The molecule has 0 bridgehead atoms. The average Bonchev–Trinajstić information content (AvgIpc) is 3.29. The van der Waals surface area contributed by atoms with Crippen molar-refractivity contribution in [1.82, 2.24) is 4.90 Å². The Labute approximate surface area is 170 Å². The Kier molecular flexibility index (Phi) is 5.60. The lowest BCUT2D eigenvalue weighted by molar-refractivity contribution is -0.119. The van der Waals surface area contributed by atoms with Crippen LogP contribution in [0, 0.1) is 0 Å². The van der Waals surface area contributed by atoms with Gasteiger partial charge in [-0.15, -0.1) is 0 Å². The minimum absolute atomic E-state index is 0.0447. The number of likely N-dealkylation sites (tertiary alicyclic amines) is 1. The highest BCUT2D eigenvalue weighted by Crippen LogP contribution is 2.22. The summed E-state index contributed by atoms with van der Waals surface area (Å²) >= 11 is 0. The molecular weight excluding hydrogens is 366 g/mol. The van der Waals surface area contributed by atoms with Crippen LogP contribution in [0.1, 0.15) is 52.8 Å². The molecule has 2 aromatic rings. The Morgan fingerprint density at radius 1 is 0.759 bits per heavy atom. The Morgan fingerprint density at radius 2 is 1.38 bits per heavy atom. The van der Waals surface area contributed by atoms with Gasteiger partial charge in [0, 0.05) is 48.6 Å². The van der Waals surface area contributed by atoms with Gasteiger partial charge in [-0.2, -0.15) is 0 Å². The molecule has 0 aliphatic carbocycles. The highest BCUT2D eigenvalue weighted by Gasteiger charge is 2.20. The van der Waals surface area contributed by atoms with E-state index in [2.05, 4.69) is 5.32 Å². The molecule has 2 aliphatic rings. The number of carbonyl (C=O) groups is 3. The van der Waals surface area contributed by atoms with E-state index < -0.39 is 0 Å². The van der Waals surface area contributed by atoms with Gasteiger partial charge in [-0.25, -0.2) is 0 Å².